The minimum Gasteiger partial charge on any atom is -0.453 e. The molecule has 0 saturated heterocycles. The van der Waals surface area contributed by atoms with Crippen LogP contribution in [0.15, 0.2) is 111 Å². The average Bonchev–Trinajstić information content (AvgIpc) is 3.31. The fourth-order valence-electron chi connectivity index (χ4n) is 3.84. The number of para-hydroxylation sites is 1. The van der Waals surface area contributed by atoms with E-state index in [1.165, 1.54) is 23.4 Å². The Kier molecular flexibility index (Phi) is 8.13. The maximum atomic E-state index is 13.2. The number of nitrogens with zero attached hydrogens (tertiary/aromatic N) is 2. The van der Waals surface area contributed by atoms with E-state index in [1.54, 1.807) is 24.3 Å². The van der Waals surface area contributed by atoms with E-state index in [0.29, 0.717) is 28.0 Å². The summed E-state index contributed by atoms with van der Waals surface area (Å²) < 4.78 is 6.71. The molecule has 0 fully saturated rings. The van der Waals surface area contributed by atoms with Crippen LogP contribution in [0.1, 0.15) is 10.4 Å². The first-order valence-electron chi connectivity index (χ1n) is 12.0. The monoisotopic (exact) mass is 615 g/mol. The summed E-state index contributed by atoms with van der Waals surface area (Å²) in [5.41, 5.74) is 2.84. The van der Waals surface area contributed by atoms with Gasteiger partial charge >= 0.3 is 12.1 Å². The molecule has 0 saturated carbocycles. The lowest BCUT2D eigenvalue weighted by atomic mass is 10.2. The number of rotatable bonds is 6. The number of anilines is 3. The van der Waals surface area contributed by atoms with Crippen molar-refractivity contribution in [3.05, 3.63) is 107 Å². The van der Waals surface area contributed by atoms with Crippen LogP contribution in [-0.2, 0) is 4.74 Å². The average molecular weight is 616 g/mol. The van der Waals surface area contributed by atoms with E-state index in [0.717, 1.165) is 14.3 Å². The van der Waals surface area contributed by atoms with Crippen molar-refractivity contribution < 1.29 is 19.1 Å². The number of ether oxygens (including phenoxy) is 1. The summed E-state index contributed by atoms with van der Waals surface area (Å²) in [7, 11) is 1.23. The molecule has 0 aliphatic heterocycles. The van der Waals surface area contributed by atoms with Crippen LogP contribution in [0.3, 0.4) is 0 Å². The summed E-state index contributed by atoms with van der Waals surface area (Å²) in [4.78, 5) is 44.0. The molecular formula is C29H22BrN5O4S. The Morgan fingerprint density at radius 2 is 1.48 bits per heavy atom. The van der Waals surface area contributed by atoms with Gasteiger partial charge < -0.3 is 15.4 Å². The van der Waals surface area contributed by atoms with Crippen LogP contribution in [0.25, 0.3) is 11.0 Å². The Balaban J connectivity index is 1.35. The van der Waals surface area contributed by atoms with E-state index in [1.807, 2.05) is 72.8 Å². The number of halogens is 1. The molecule has 11 heteroatoms. The van der Waals surface area contributed by atoms with Gasteiger partial charge in [-0.05, 0) is 82.7 Å². The number of fused-ring (bicyclic) bond motifs is 1. The molecule has 0 spiro atoms. The molecule has 3 amide bonds. The Morgan fingerprint density at radius 3 is 2.20 bits per heavy atom. The lowest BCUT2D eigenvalue weighted by Gasteiger charge is -2.10. The number of aromatic nitrogens is 2. The molecule has 0 atom stereocenters. The van der Waals surface area contributed by atoms with Crippen LogP contribution in [0.5, 0.6) is 0 Å². The second-order valence-corrected chi connectivity index (χ2v) is 10.4. The number of benzene rings is 4. The van der Waals surface area contributed by atoms with Gasteiger partial charge in [0.2, 0.25) is 5.95 Å². The van der Waals surface area contributed by atoms with Crippen LogP contribution in [-0.4, -0.2) is 34.7 Å². The van der Waals surface area contributed by atoms with Crippen molar-refractivity contribution >= 4 is 74.1 Å². The predicted octanol–water partition coefficient (Wildman–Crippen LogP) is 7.46. The van der Waals surface area contributed by atoms with E-state index < -0.39 is 12.1 Å². The van der Waals surface area contributed by atoms with Gasteiger partial charge in [-0.1, -0.05) is 42.1 Å². The van der Waals surface area contributed by atoms with E-state index in [4.69, 9.17) is 4.74 Å². The Hall–Kier alpha value is -4.61. The number of hydrogen-bond acceptors (Lipinski definition) is 6. The summed E-state index contributed by atoms with van der Waals surface area (Å²) >= 11 is 4.89. The number of nitrogens with one attached hydrogen (secondary N) is 3. The molecule has 1 aromatic heterocycles. The van der Waals surface area contributed by atoms with Gasteiger partial charge in [-0.25, -0.2) is 19.1 Å². The fraction of sp³-hybridized carbons (Fsp3) is 0.0345. The minimum atomic E-state index is -0.745. The standard InChI is InChI=1S/C29H22BrN5O4S/c1-39-29(38)34-27-33-24-17-21(15-16-25(24)35(27)28(37)32-18-7-3-2-4-8-18)40-20-13-11-19(12-14-20)31-26(36)22-9-5-6-10-23(22)30/h2-17H,1H3,(H,31,36)(H,32,37)(H,33,34,38). The number of amides is 3. The number of carbonyl (C=O) groups excluding carboxylic acids is 3. The molecule has 0 unspecified atom stereocenters. The SMILES string of the molecule is COC(=O)Nc1nc2cc(Sc3ccc(NC(=O)c4ccccc4Br)cc3)ccc2n1C(=O)Nc1ccccc1. The molecule has 9 nitrogen and oxygen atoms in total. The number of imidazole rings is 1. The highest BCUT2D eigenvalue weighted by atomic mass is 79.9. The van der Waals surface area contributed by atoms with Gasteiger partial charge in [0.05, 0.1) is 23.7 Å². The second kappa shape index (κ2) is 12.1. The molecular weight excluding hydrogens is 594 g/mol. The Morgan fingerprint density at radius 1 is 0.800 bits per heavy atom. The minimum absolute atomic E-state index is 0.0302. The van der Waals surface area contributed by atoms with Crippen LogP contribution in [0.4, 0.5) is 26.9 Å². The highest BCUT2D eigenvalue weighted by molar-refractivity contribution is 9.10. The lowest BCUT2D eigenvalue weighted by Crippen LogP contribution is -2.23. The third-order valence-corrected chi connectivity index (χ3v) is 7.41. The third kappa shape index (κ3) is 6.16. The first-order valence-corrected chi connectivity index (χ1v) is 13.6. The van der Waals surface area contributed by atoms with Crippen molar-refractivity contribution in [2.75, 3.05) is 23.1 Å². The van der Waals surface area contributed by atoms with Crippen molar-refractivity contribution in [1.29, 1.82) is 0 Å². The molecule has 1 heterocycles. The number of hydrogen-bond donors (Lipinski definition) is 3. The molecule has 4 aromatic carbocycles. The highest BCUT2D eigenvalue weighted by Crippen LogP contribution is 2.32. The lowest BCUT2D eigenvalue weighted by molar-refractivity contribution is 0.102. The number of methoxy groups -OCH3 is 1. The van der Waals surface area contributed by atoms with Gasteiger partial charge in [0.15, 0.2) is 0 Å². The third-order valence-electron chi connectivity index (χ3n) is 5.72. The molecule has 5 aromatic rings. The van der Waals surface area contributed by atoms with E-state index in [2.05, 4.69) is 36.9 Å². The van der Waals surface area contributed by atoms with Crippen molar-refractivity contribution in [2.24, 2.45) is 0 Å². The second-order valence-electron chi connectivity index (χ2n) is 8.39. The zero-order valence-electron chi connectivity index (χ0n) is 21.1. The number of carbonyl (C=O) groups is 3. The fourth-order valence-corrected chi connectivity index (χ4v) is 5.16. The van der Waals surface area contributed by atoms with E-state index in [-0.39, 0.29) is 11.9 Å². The van der Waals surface area contributed by atoms with Crippen LogP contribution in [0.2, 0.25) is 0 Å². The van der Waals surface area contributed by atoms with E-state index in [9.17, 15) is 14.4 Å². The first-order chi connectivity index (χ1) is 19.4. The summed E-state index contributed by atoms with van der Waals surface area (Å²) in [5.74, 6) is -0.177. The van der Waals surface area contributed by atoms with Gasteiger partial charge in [-0.15, -0.1) is 0 Å². The highest BCUT2D eigenvalue weighted by Gasteiger charge is 2.20. The van der Waals surface area contributed by atoms with Crippen LogP contribution in [0, 0.1) is 0 Å². The summed E-state index contributed by atoms with van der Waals surface area (Å²) in [6.07, 6.45) is -0.745. The maximum Gasteiger partial charge on any atom is 0.413 e. The molecule has 3 N–H and O–H groups in total. The predicted molar refractivity (Wildman–Crippen MR) is 159 cm³/mol. The molecule has 40 heavy (non-hydrogen) atoms. The largest absolute Gasteiger partial charge is 0.453 e. The Bertz CT molecular complexity index is 1710. The molecule has 5 rings (SSSR count). The van der Waals surface area contributed by atoms with Gasteiger partial charge in [0.25, 0.3) is 5.91 Å². The van der Waals surface area contributed by atoms with Crippen LogP contribution >= 0.6 is 27.7 Å². The Labute approximate surface area is 242 Å². The first kappa shape index (κ1) is 27.0. The zero-order valence-corrected chi connectivity index (χ0v) is 23.5. The summed E-state index contributed by atoms with van der Waals surface area (Å²) in [6, 6.07) is 28.7. The van der Waals surface area contributed by atoms with Crippen molar-refractivity contribution in [2.45, 2.75) is 9.79 Å². The summed E-state index contributed by atoms with van der Waals surface area (Å²) in [5, 5.41) is 8.21. The molecule has 0 aliphatic carbocycles. The van der Waals surface area contributed by atoms with Gasteiger partial charge in [-0.3, -0.25) is 10.1 Å². The molecule has 0 bridgehead atoms. The maximum absolute atomic E-state index is 13.2. The van der Waals surface area contributed by atoms with Gasteiger partial charge in [0, 0.05) is 25.6 Å². The zero-order chi connectivity index (χ0) is 28.1. The molecule has 0 aliphatic rings. The van der Waals surface area contributed by atoms with Crippen LogP contribution < -0.4 is 16.0 Å². The smallest absolute Gasteiger partial charge is 0.413 e. The van der Waals surface area contributed by atoms with Gasteiger partial charge in [-0.2, -0.15) is 0 Å². The van der Waals surface area contributed by atoms with Crippen molar-refractivity contribution in [3.8, 4) is 0 Å². The normalized spacial score (nSPS) is 10.7. The quantitative estimate of drug-likeness (QED) is 0.183. The summed E-state index contributed by atoms with van der Waals surface area (Å²) in [6.45, 7) is 0. The van der Waals surface area contributed by atoms with Gasteiger partial charge in [0.1, 0.15) is 0 Å². The topological polar surface area (TPSA) is 114 Å². The van der Waals surface area contributed by atoms with Crippen molar-refractivity contribution in [3.63, 3.8) is 0 Å². The van der Waals surface area contributed by atoms with E-state index >= 15 is 0 Å². The van der Waals surface area contributed by atoms with Crippen molar-refractivity contribution in [1.82, 2.24) is 9.55 Å². The molecule has 0 radical (unpaired) electrons. The molecule has 200 valence electrons.